The van der Waals surface area contributed by atoms with Gasteiger partial charge in [0, 0.05) is 13.1 Å². The Morgan fingerprint density at radius 2 is 1.57 bits per heavy atom. The van der Waals surface area contributed by atoms with Gasteiger partial charge < -0.3 is 15.1 Å². The maximum Gasteiger partial charge on any atom is 0.373 e. The highest BCUT2D eigenvalue weighted by atomic mass is 17.2. The van der Waals surface area contributed by atoms with E-state index in [4.69, 9.17) is 20.0 Å². The van der Waals surface area contributed by atoms with Gasteiger partial charge in [-0.25, -0.2) is 4.79 Å². The third kappa shape index (κ3) is 5.97. The molecule has 128 valence electrons. The van der Waals surface area contributed by atoms with Crippen LogP contribution in [0, 0.1) is 0 Å². The summed E-state index contributed by atoms with van der Waals surface area (Å²) in [6.07, 6.45) is 0. The summed E-state index contributed by atoms with van der Waals surface area (Å²) in [7, 11) is 0. The number of aliphatic hydroxyl groups is 2. The van der Waals surface area contributed by atoms with Gasteiger partial charge in [-0.2, -0.15) is 4.89 Å². The molecule has 0 saturated heterocycles. The van der Waals surface area contributed by atoms with Gasteiger partial charge in [0.1, 0.15) is 5.60 Å². The number of aliphatic hydroxyl groups excluding tert-OH is 2. The number of hydrogen-bond donors (Lipinski definition) is 2. The van der Waals surface area contributed by atoms with Crippen LogP contribution in [0.1, 0.15) is 41.5 Å². The lowest BCUT2D eigenvalue weighted by molar-refractivity contribution is -0.301. The SMILES string of the molecule is CC(C)(C)OOC(=O)c1ccccc1C(=O)N(CCO)CCO. The predicted octanol–water partition coefficient (Wildman–Crippen LogP) is 1.00. The van der Waals surface area contributed by atoms with E-state index in [1.807, 2.05) is 0 Å². The minimum atomic E-state index is -0.781. The molecule has 0 spiro atoms. The van der Waals surface area contributed by atoms with Crippen LogP contribution in [0.4, 0.5) is 0 Å². The average molecular weight is 325 g/mol. The van der Waals surface area contributed by atoms with Gasteiger partial charge in [0.05, 0.1) is 24.3 Å². The summed E-state index contributed by atoms with van der Waals surface area (Å²) in [4.78, 5) is 35.7. The molecule has 0 bridgehead atoms. The van der Waals surface area contributed by atoms with Gasteiger partial charge in [-0.3, -0.25) is 9.68 Å². The summed E-state index contributed by atoms with van der Waals surface area (Å²) < 4.78 is 0. The largest absolute Gasteiger partial charge is 0.395 e. The molecule has 2 N–H and O–H groups in total. The van der Waals surface area contributed by atoms with E-state index in [0.29, 0.717) is 0 Å². The monoisotopic (exact) mass is 325 g/mol. The van der Waals surface area contributed by atoms with Gasteiger partial charge in [0.15, 0.2) is 0 Å². The van der Waals surface area contributed by atoms with Gasteiger partial charge in [-0.05, 0) is 32.9 Å². The van der Waals surface area contributed by atoms with Crippen LogP contribution in [0.3, 0.4) is 0 Å². The molecule has 1 aromatic carbocycles. The van der Waals surface area contributed by atoms with E-state index in [2.05, 4.69) is 0 Å². The van der Waals surface area contributed by atoms with Gasteiger partial charge in [0.2, 0.25) is 0 Å². The van der Waals surface area contributed by atoms with E-state index in [1.54, 1.807) is 32.9 Å². The molecule has 0 saturated carbocycles. The lowest BCUT2D eigenvalue weighted by Gasteiger charge is -2.22. The molecular weight excluding hydrogens is 302 g/mol. The Balaban J connectivity index is 2.99. The fraction of sp³-hybridized carbons (Fsp3) is 0.500. The van der Waals surface area contributed by atoms with Crippen LogP contribution in [0.2, 0.25) is 0 Å². The van der Waals surface area contributed by atoms with Crippen molar-refractivity contribution in [3.05, 3.63) is 35.4 Å². The predicted molar refractivity (Wildman–Crippen MR) is 82.8 cm³/mol. The molecule has 0 aliphatic carbocycles. The molecule has 0 fully saturated rings. The molecule has 0 unspecified atom stereocenters. The quantitative estimate of drug-likeness (QED) is 0.573. The van der Waals surface area contributed by atoms with Crippen molar-refractivity contribution in [3.8, 4) is 0 Å². The Labute approximate surface area is 135 Å². The van der Waals surface area contributed by atoms with Crippen LogP contribution < -0.4 is 0 Å². The number of benzene rings is 1. The lowest BCUT2D eigenvalue weighted by atomic mass is 10.1. The van der Waals surface area contributed by atoms with Crippen molar-refractivity contribution < 1.29 is 29.6 Å². The highest BCUT2D eigenvalue weighted by molar-refractivity contribution is 6.05. The molecule has 0 radical (unpaired) electrons. The van der Waals surface area contributed by atoms with E-state index in [-0.39, 0.29) is 37.4 Å². The summed E-state index contributed by atoms with van der Waals surface area (Å²) >= 11 is 0. The number of carbonyl (C=O) groups excluding carboxylic acids is 2. The Kier molecular flexibility index (Phi) is 7.15. The maximum absolute atomic E-state index is 12.5. The zero-order valence-corrected chi connectivity index (χ0v) is 13.6. The highest BCUT2D eigenvalue weighted by Gasteiger charge is 2.24. The molecule has 1 amide bonds. The highest BCUT2D eigenvalue weighted by Crippen LogP contribution is 2.15. The molecule has 7 nitrogen and oxygen atoms in total. The van der Waals surface area contributed by atoms with Crippen LogP contribution in [0.5, 0.6) is 0 Å². The summed E-state index contributed by atoms with van der Waals surface area (Å²) in [5.41, 5.74) is -0.492. The zero-order valence-electron chi connectivity index (χ0n) is 13.6. The van der Waals surface area contributed by atoms with Crippen LogP contribution in [-0.2, 0) is 9.78 Å². The molecule has 1 aromatic rings. The second-order valence-electron chi connectivity index (χ2n) is 5.85. The molecule has 0 aliphatic heterocycles. The van der Waals surface area contributed by atoms with Crippen molar-refractivity contribution in [2.45, 2.75) is 26.4 Å². The normalized spacial score (nSPS) is 11.2. The molecule has 23 heavy (non-hydrogen) atoms. The van der Waals surface area contributed by atoms with Crippen LogP contribution in [0.25, 0.3) is 0 Å². The van der Waals surface area contributed by atoms with Crippen molar-refractivity contribution in [3.63, 3.8) is 0 Å². The third-order valence-corrected chi connectivity index (χ3v) is 2.77. The van der Waals surface area contributed by atoms with Crippen molar-refractivity contribution >= 4 is 11.9 Å². The first-order chi connectivity index (χ1) is 10.8. The second-order valence-corrected chi connectivity index (χ2v) is 5.85. The van der Waals surface area contributed by atoms with Gasteiger partial charge >= 0.3 is 5.97 Å². The molecule has 0 aromatic heterocycles. The van der Waals surface area contributed by atoms with E-state index >= 15 is 0 Å². The minimum absolute atomic E-state index is 0.0568. The number of carbonyl (C=O) groups is 2. The van der Waals surface area contributed by atoms with Gasteiger partial charge in [-0.15, -0.1) is 0 Å². The first-order valence-corrected chi connectivity index (χ1v) is 7.30. The number of nitrogens with zero attached hydrogens (tertiary/aromatic N) is 1. The summed E-state index contributed by atoms with van der Waals surface area (Å²) in [5, 5.41) is 18.0. The zero-order chi connectivity index (χ0) is 17.5. The van der Waals surface area contributed by atoms with E-state index in [1.165, 1.54) is 17.0 Å². The van der Waals surface area contributed by atoms with Crippen molar-refractivity contribution in [1.29, 1.82) is 0 Å². The average Bonchev–Trinajstić information content (AvgIpc) is 2.51. The second kappa shape index (κ2) is 8.61. The lowest BCUT2D eigenvalue weighted by Crippen LogP contribution is -2.36. The smallest absolute Gasteiger partial charge is 0.373 e. The molecule has 0 heterocycles. The van der Waals surface area contributed by atoms with Crippen LogP contribution in [0.15, 0.2) is 24.3 Å². The molecule has 7 heteroatoms. The Morgan fingerprint density at radius 1 is 1.04 bits per heavy atom. The number of rotatable bonds is 7. The van der Waals surface area contributed by atoms with Crippen molar-refractivity contribution in [2.24, 2.45) is 0 Å². The fourth-order valence-corrected chi connectivity index (χ4v) is 1.78. The van der Waals surface area contributed by atoms with Gasteiger partial charge in [-0.1, -0.05) is 12.1 Å². The first kappa shape index (κ1) is 19.1. The summed E-state index contributed by atoms with van der Waals surface area (Å²) in [5.74, 6) is -1.26. The van der Waals surface area contributed by atoms with Gasteiger partial charge in [0.25, 0.3) is 5.91 Å². The van der Waals surface area contributed by atoms with Crippen molar-refractivity contribution in [1.82, 2.24) is 4.90 Å². The minimum Gasteiger partial charge on any atom is -0.395 e. The summed E-state index contributed by atoms with van der Waals surface area (Å²) in [6, 6.07) is 6.16. The summed E-state index contributed by atoms with van der Waals surface area (Å²) in [6.45, 7) is 4.80. The van der Waals surface area contributed by atoms with Crippen molar-refractivity contribution in [2.75, 3.05) is 26.3 Å². The molecule has 0 aliphatic rings. The van der Waals surface area contributed by atoms with E-state index < -0.39 is 17.5 Å². The first-order valence-electron chi connectivity index (χ1n) is 7.30. The third-order valence-electron chi connectivity index (χ3n) is 2.77. The van der Waals surface area contributed by atoms with E-state index in [9.17, 15) is 9.59 Å². The maximum atomic E-state index is 12.5. The number of hydrogen-bond acceptors (Lipinski definition) is 6. The van der Waals surface area contributed by atoms with E-state index in [0.717, 1.165) is 0 Å². The fourth-order valence-electron chi connectivity index (χ4n) is 1.78. The van der Waals surface area contributed by atoms with Crippen LogP contribution >= 0.6 is 0 Å². The Bertz CT molecular complexity index is 532. The standard InChI is InChI=1S/C16H23NO6/c1-16(2,3)23-22-15(21)13-7-5-4-6-12(13)14(20)17(8-10-18)9-11-19/h4-7,18-19H,8-11H2,1-3H3. The molecule has 1 rings (SSSR count). The Morgan fingerprint density at radius 3 is 2.04 bits per heavy atom. The van der Waals surface area contributed by atoms with Crippen LogP contribution in [-0.4, -0.2) is 58.9 Å². The topological polar surface area (TPSA) is 96.3 Å². The number of amides is 1. The molecule has 0 atom stereocenters. The Hall–Kier alpha value is -1.96. The molecular formula is C16H23NO6.